The van der Waals surface area contributed by atoms with E-state index in [0.29, 0.717) is 76.6 Å². The van der Waals surface area contributed by atoms with Crippen LogP contribution >= 0.6 is 11.3 Å². The van der Waals surface area contributed by atoms with Crippen LogP contribution in [0, 0.1) is 18.3 Å². The lowest BCUT2D eigenvalue weighted by atomic mass is 9.80. The molecule has 0 aliphatic carbocycles. The molecule has 1 aliphatic heterocycles. The number of aromatic nitrogens is 1. The third kappa shape index (κ3) is 14.5. The first-order valence-electron chi connectivity index (χ1n) is 19.0. The zero-order valence-corrected chi connectivity index (χ0v) is 33.9. The second-order valence-electron chi connectivity index (χ2n) is 14.5. The van der Waals surface area contributed by atoms with Crippen LogP contribution < -0.4 is 16.4 Å². The van der Waals surface area contributed by atoms with E-state index in [1.165, 1.54) is 30.5 Å². The van der Waals surface area contributed by atoms with Crippen LogP contribution in [0.25, 0.3) is 10.4 Å². The molecular weight excluding hydrogens is 753 g/mol. The molecule has 1 fully saturated rings. The smallest absolute Gasteiger partial charge is 0.271 e. The molecular formula is C41H54N6O9S. The van der Waals surface area contributed by atoms with Crippen LogP contribution in [0.5, 0.6) is 0 Å². The summed E-state index contributed by atoms with van der Waals surface area (Å²) in [5.74, 6) is -2.51. The van der Waals surface area contributed by atoms with E-state index in [2.05, 4.69) is 20.6 Å². The lowest BCUT2D eigenvalue weighted by Crippen LogP contribution is -2.50. The summed E-state index contributed by atoms with van der Waals surface area (Å²) >= 11 is 1.59. The SMILES string of the molecule is Cc1ncsc1-c1ccc(CNC(=O)C2CCCN2C(=O)C(C=NC(=O)COCCOCCOCCOCCNC(=O)c2ccc(C(N)=O)cc2)C(C)(C)C)cc1. The number of nitrogens with two attached hydrogens (primary N) is 1. The van der Waals surface area contributed by atoms with Crippen LogP contribution in [0.1, 0.15) is 65.6 Å². The van der Waals surface area contributed by atoms with Crippen molar-refractivity contribution in [1.82, 2.24) is 20.5 Å². The number of carbonyl (C=O) groups excluding carboxylic acids is 5. The number of primary amides is 1. The summed E-state index contributed by atoms with van der Waals surface area (Å²) in [5.41, 5.74) is 10.3. The van der Waals surface area contributed by atoms with Crippen molar-refractivity contribution >= 4 is 47.1 Å². The molecule has 4 N–H and O–H groups in total. The second kappa shape index (κ2) is 22.8. The molecule has 308 valence electrons. The Labute approximate surface area is 337 Å². The Hall–Kier alpha value is -4.87. The lowest BCUT2D eigenvalue weighted by Gasteiger charge is -2.33. The van der Waals surface area contributed by atoms with Gasteiger partial charge in [0.25, 0.3) is 11.8 Å². The summed E-state index contributed by atoms with van der Waals surface area (Å²) in [6.45, 7) is 10.6. The van der Waals surface area contributed by atoms with Crippen LogP contribution in [0.4, 0.5) is 0 Å². The molecule has 2 heterocycles. The van der Waals surface area contributed by atoms with Gasteiger partial charge < -0.3 is 40.2 Å². The van der Waals surface area contributed by atoms with E-state index in [4.69, 9.17) is 24.7 Å². The fourth-order valence-electron chi connectivity index (χ4n) is 5.94. The molecule has 5 amide bonds. The number of aliphatic imine (C=N–C) groups is 1. The number of carbonyl (C=O) groups is 5. The Morgan fingerprint density at radius 2 is 1.51 bits per heavy atom. The highest BCUT2D eigenvalue weighted by molar-refractivity contribution is 7.13. The number of hydrogen-bond donors (Lipinski definition) is 3. The molecule has 0 saturated carbocycles. The van der Waals surface area contributed by atoms with Gasteiger partial charge in [0.2, 0.25) is 17.7 Å². The van der Waals surface area contributed by atoms with Gasteiger partial charge in [-0.2, -0.15) is 0 Å². The molecule has 0 radical (unpaired) electrons. The van der Waals surface area contributed by atoms with Crippen molar-refractivity contribution in [1.29, 1.82) is 0 Å². The van der Waals surface area contributed by atoms with Gasteiger partial charge >= 0.3 is 0 Å². The van der Waals surface area contributed by atoms with Crippen molar-refractivity contribution in [3.8, 4) is 10.4 Å². The van der Waals surface area contributed by atoms with Gasteiger partial charge in [-0.25, -0.2) is 9.98 Å². The highest BCUT2D eigenvalue weighted by Crippen LogP contribution is 2.30. The molecule has 57 heavy (non-hydrogen) atoms. The molecule has 0 spiro atoms. The van der Waals surface area contributed by atoms with Gasteiger partial charge in [0.05, 0.1) is 68.2 Å². The maximum absolute atomic E-state index is 13.8. The number of aryl methyl sites for hydroxylation is 1. The summed E-state index contributed by atoms with van der Waals surface area (Å²) in [7, 11) is 0. The second-order valence-corrected chi connectivity index (χ2v) is 15.3. The number of benzene rings is 2. The third-order valence-corrected chi connectivity index (χ3v) is 10.1. The number of likely N-dealkylation sites (tertiary alicyclic amines) is 1. The average molecular weight is 807 g/mol. The highest BCUT2D eigenvalue weighted by atomic mass is 32.1. The molecule has 2 aromatic carbocycles. The van der Waals surface area contributed by atoms with Crippen LogP contribution in [0.3, 0.4) is 0 Å². The van der Waals surface area contributed by atoms with Crippen LogP contribution in [-0.4, -0.2) is 118 Å². The predicted octanol–water partition coefficient (Wildman–Crippen LogP) is 3.58. The van der Waals surface area contributed by atoms with Gasteiger partial charge in [0, 0.05) is 37.0 Å². The monoisotopic (exact) mass is 806 g/mol. The molecule has 4 rings (SSSR count). The molecule has 2 atom stereocenters. The fourth-order valence-corrected chi connectivity index (χ4v) is 6.75. The Bertz CT molecular complexity index is 1810. The molecule has 1 saturated heterocycles. The molecule has 16 heteroatoms. The molecule has 3 aromatic rings. The van der Waals surface area contributed by atoms with Crippen LogP contribution in [-0.2, 0) is 39.9 Å². The summed E-state index contributed by atoms with van der Waals surface area (Å²) in [5, 5.41) is 5.73. The Morgan fingerprint density at radius 3 is 2.11 bits per heavy atom. The number of hydrogen-bond acceptors (Lipinski definition) is 11. The summed E-state index contributed by atoms with van der Waals surface area (Å²) in [6.07, 6.45) is 2.65. The Morgan fingerprint density at radius 1 is 0.895 bits per heavy atom. The number of nitrogens with one attached hydrogen (secondary N) is 2. The first kappa shape index (κ1) is 44.8. The van der Waals surface area contributed by atoms with Gasteiger partial charge in [-0.15, -0.1) is 11.3 Å². The first-order valence-corrected chi connectivity index (χ1v) is 19.9. The van der Waals surface area contributed by atoms with Gasteiger partial charge in [-0.1, -0.05) is 45.0 Å². The molecule has 15 nitrogen and oxygen atoms in total. The van der Waals surface area contributed by atoms with E-state index in [0.717, 1.165) is 21.7 Å². The number of rotatable bonds is 22. The van der Waals surface area contributed by atoms with Crippen LogP contribution in [0.2, 0.25) is 0 Å². The van der Waals surface area contributed by atoms with Crippen molar-refractivity contribution < 1.29 is 42.9 Å². The zero-order chi connectivity index (χ0) is 41.2. The topological polar surface area (TPSA) is 201 Å². The van der Waals surface area contributed by atoms with Gasteiger partial charge in [0.15, 0.2) is 0 Å². The summed E-state index contributed by atoms with van der Waals surface area (Å²) in [4.78, 5) is 74.0. The van der Waals surface area contributed by atoms with E-state index >= 15 is 0 Å². The Balaban J connectivity index is 1.06. The minimum Gasteiger partial charge on any atom is -0.377 e. The highest BCUT2D eigenvalue weighted by Gasteiger charge is 2.40. The van der Waals surface area contributed by atoms with Crippen molar-refractivity contribution in [2.75, 3.05) is 65.9 Å². The average Bonchev–Trinajstić information content (AvgIpc) is 3.86. The van der Waals surface area contributed by atoms with Crippen molar-refractivity contribution in [2.45, 2.75) is 53.1 Å². The molecule has 0 bridgehead atoms. The molecule has 1 aromatic heterocycles. The summed E-state index contributed by atoms with van der Waals surface area (Å²) < 4.78 is 21.8. The zero-order valence-electron chi connectivity index (χ0n) is 33.1. The molecule has 1 aliphatic rings. The van der Waals surface area contributed by atoms with Crippen molar-refractivity contribution in [3.05, 3.63) is 76.4 Å². The standard InChI is InChI=1S/C41H54N6O9S/c1-28-36(57-27-46-28)30-9-7-29(8-10-30)24-45-39(51)34-6-5-16-47(34)40(52)33(41(2,3)4)25-44-35(48)26-56-23-22-55-21-20-54-19-18-53-17-15-43-38(50)32-13-11-31(12-14-32)37(42)49/h7-14,25,27,33-34H,5-6,15-24,26H2,1-4H3,(H2,42,49)(H,43,50)(H,45,51). The number of ether oxygens (including phenoxy) is 4. The lowest BCUT2D eigenvalue weighted by molar-refractivity contribution is -0.142. The van der Waals surface area contributed by atoms with Crippen molar-refractivity contribution in [2.24, 2.45) is 22.1 Å². The minimum absolute atomic E-state index is 0.174. The Kier molecular flexibility index (Phi) is 17.9. The van der Waals surface area contributed by atoms with Gasteiger partial charge in [-0.05, 0) is 60.6 Å². The van der Waals surface area contributed by atoms with Gasteiger partial charge in [-0.3, -0.25) is 24.0 Å². The first-order chi connectivity index (χ1) is 27.3. The van der Waals surface area contributed by atoms with Crippen molar-refractivity contribution in [3.63, 3.8) is 0 Å². The normalized spacial score (nSPS) is 14.8. The number of nitrogens with zero attached hydrogens (tertiary/aromatic N) is 3. The van der Waals surface area contributed by atoms with E-state index in [9.17, 15) is 24.0 Å². The maximum Gasteiger partial charge on any atom is 0.271 e. The molecule has 2 unspecified atom stereocenters. The largest absolute Gasteiger partial charge is 0.377 e. The quantitative estimate of drug-likeness (QED) is 0.0996. The van der Waals surface area contributed by atoms with Gasteiger partial charge in [0.1, 0.15) is 12.6 Å². The van der Waals surface area contributed by atoms with E-state index in [-0.39, 0.29) is 37.5 Å². The number of amides is 5. The van der Waals surface area contributed by atoms with Crippen LogP contribution in [0.15, 0.2) is 59.0 Å². The predicted molar refractivity (Wildman–Crippen MR) is 216 cm³/mol. The number of thiazole rings is 1. The third-order valence-electron chi connectivity index (χ3n) is 9.14. The summed E-state index contributed by atoms with van der Waals surface area (Å²) in [6, 6.07) is 13.5. The maximum atomic E-state index is 13.8. The van der Waals surface area contributed by atoms with E-state index in [1.54, 1.807) is 16.2 Å². The fraction of sp³-hybridized carbons (Fsp3) is 0.488. The minimum atomic E-state index is -0.715. The van der Waals surface area contributed by atoms with E-state index < -0.39 is 29.2 Å². The van der Waals surface area contributed by atoms with E-state index in [1.807, 2.05) is 57.5 Å².